The van der Waals surface area contributed by atoms with Gasteiger partial charge in [-0.15, -0.1) is 6.58 Å². The third-order valence-electron chi connectivity index (χ3n) is 5.10. The highest BCUT2D eigenvalue weighted by molar-refractivity contribution is 5.26. The summed E-state index contributed by atoms with van der Waals surface area (Å²) in [5.41, 5.74) is 4.02. The minimum absolute atomic E-state index is 0.265. The summed E-state index contributed by atoms with van der Waals surface area (Å²) in [5.74, 6) is 0. The van der Waals surface area contributed by atoms with E-state index in [4.69, 9.17) is 0 Å². The Balaban J connectivity index is 1.66. The molecule has 0 amide bonds. The third-order valence-corrected chi connectivity index (χ3v) is 5.10. The molecule has 1 aromatic carbocycles. The third kappa shape index (κ3) is 5.07. The van der Waals surface area contributed by atoms with Crippen LogP contribution in [-0.4, -0.2) is 33.3 Å². The number of hydrogen-bond acceptors (Lipinski definition) is 2. The van der Waals surface area contributed by atoms with E-state index in [1.54, 1.807) is 0 Å². The van der Waals surface area contributed by atoms with E-state index in [9.17, 15) is 5.11 Å². The number of nitrogens with zero attached hydrogens (tertiary/aromatic N) is 2. The monoisotopic (exact) mass is 338 g/mol. The van der Waals surface area contributed by atoms with Gasteiger partial charge < -0.3 is 9.67 Å². The van der Waals surface area contributed by atoms with Crippen molar-refractivity contribution in [2.24, 2.45) is 0 Å². The van der Waals surface area contributed by atoms with E-state index < -0.39 is 0 Å². The van der Waals surface area contributed by atoms with Crippen molar-refractivity contribution in [3.05, 3.63) is 72.1 Å². The van der Waals surface area contributed by atoms with Gasteiger partial charge in [0.1, 0.15) is 0 Å². The summed E-state index contributed by atoms with van der Waals surface area (Å²) in [7, 11) is 0. The number of rotatable bonds is 10. The maximum Gasteiger partial charge on any atom is 0.0670 e. The number of benzene rings is 1. The number of allylic oxidation sites excluding steroid dienone is 1. The van der Waals surface area contributed by atoms with Crippen LogP contribution in [0.3, 0.4) is 0 Å². The van der Waals surface area contributed by atoms with Crippen LogP contribution in [0.5, 0.6) is 0 Å². The summed E-state index contributed by atoms with van der Waals surface area (Å²) in [4.78, 5) is 2.46. The van der Waals surface area contributed by atoms with Gasteiger partial charge in [0.15, 0.2) is 0 Å². The molecule has 0 unspecified atom stereocenters. The van der Waals surface area contributed by atoms with E-state index in [-0.39, 0.29) is 6.10 Å². The summed E-state index contributed by atoms with van der Waals surface area (Å²) in [5, 5.41) is 10.3. The van der Waals surface area contributed by atoms with Crippen LogP contribution < -0.4 is 0 Å². The average Bonchev–Trinajstić information content (AvgIpc) is 3.37. The fourth-order valence-electron chi connectivity index (χ4n) is 3.38. The first-order chi connectivity index (χ1) is 12.2. The van der Waals surface area contributed by atoms with Crippen molar-refractivity contribution in [2.45, 2.75) is 57.8 Å². The van der Waals surface area contributed by atoms with Crippen LogP contribution in [-0.2, 0) is 13.1 Å². The summed E-state index contributed by atoms with van der Waals surface area (Å²) in [6, 6.07) is 13.6. The molecule has 3 nitrogen and oxygen atoms in total. The molecular weight excluding hydrogens is 308 g/mol. The largest absolute Gasteiger partial charge is 0.392 e. The molecule has 1 fully saturated rings. The maximum atomic E-state index is 10.3. The molecule has 2 aromatic rings. The van der Waals surface area contributed by atoms with Crippen LogP contribution in [0.1, 0.15) is 42.5 Å². The molecule has 1 atom stereocenters. The molecule has 1 N–H and O–H groups in total. The van der Waals surface area contributed by atoms with Gasteiger partial charge in [0.05, 0.1) is 6.10 Å². The zero-order valence-corrected chi connectivity index (χ0v) is 15.3. The van der Waals surface area contributed by atoms with E-state index >= 15 is 0 Å². The van der Waals surface area contributed by atoms with E-state index in [1.165, 1.54) is 29.7 Å². The van der Waals surface area contributed by atoms with Gasteiger partial charge in [-0.3, -0.25) is 4.90 Å². The molecule has 1 aliphatic carbocycles. The number of aliphatic hydroxyl groups excluding tert-OH is 1. The predicted molar refractivity (Wildman–Crippen MR) is 104 cm³/mol. The lowest BCUT2D eigenvalue weighted by atomic mass is 10.1. The van der Waals surface area contributed by atoms with Gasteiger partial charge in [-0.1, -0.05) is 30.3 Å². The first kappa shape index (κ1) is 18.0. The maximum absolute atomic E-state index is 10.3. The quantitative estimate of drug-likeness (QED) is 0.660. The van der Waals surface area contributed by atoms with Crippen molar-refractivity contribution in [3.8, 4) is 0 Å². The molecule has 1 saturated carbocycles. The predicted octanol–water partition coefficient (Wildman–Crippen LogP) is 4.14. The van der Waals surface area contributed by atoms with E-state index in [0.29, 0.717) is 6.04 Å². The summed E-state index contributed by atoms with van der Waals surface area (Å²) in [6.45, 7) is 8.50. The molecule has 0 spiro atoms. The molecule has 0 saturated heterocycles. The van der Waals surface area contributed by atoms with Gasteiger partial charge in [-0.2, -0.15) is 0 Å². The number of aliphatic hydroxyl groups is 1. The van der Waals surface area contributed by atoms with Gasteiger partial charge >= 0.3 is 0 Å². The lowest BCUT2D eigenvalue weighted by Gasteiger charge is -2.25. The Morgan fingerprint density at radius 3 is 2.80 bits per heavy atom. The van der Waals surface area contributed by atoms with Crippen LogP contribution in [0, 0.1) is 6.92 Å². The lowest BCUT2D eigenvalue weighted by Crippen LogP contribution is -2.34. The number of aryl methyl sites for hydroxylation is 1. The zero-order valence-electron chi connectivity index (χ0n) is 15.3. The van der Waals surface area contributed by atoms with Crippen LogP contribution in [0.2, 0.25) is 0 Å². The molecule has 134 valence electrons. The summed E-state index contributed by atoms with van der Waals surface area (Å²) < 4.78 is 2.34. The second-order valence-corrected chi connectivity index (χ2v) is 7.23. The fraction of sp³-hybridized carbons (Fsp3) is 0.455. The summed E-state index contributed by atoms with van der Waals surface area (Å²) >= 11 is 0. The highest BCUT2D eigenvalue weighted by Crippen LogP contribution is 2.29. The molecule has 0 bridgehead atoms. The van der Waals surface area contributed by atoms with Gasteiger partial charge in [-0.25, -0.2) is 0 Å². The van der Waals surface area contributed by atoms with Crippen LogP contribution in [0.25, 0.3) is 0 Å². The first-order valence-electron chi connectivity index (χ1n) is 9.39. The molecule has 0 aliphatic heterocycles. The van der Waals surface area contributed by atoms with Crippen molar-refractivity contribution in [3.63, 3.8) is 0 Å². The second-order valence-electron chi connectivity index (χ2n) is 7.23. The average molecular weight is 338 g/mol. The Labute approximate surface area is 151 Å². The standard InChI is InChI=1S/C22H30N2O/c1-3-4-11-22(25)17-24(20-12-13-20)16-21-10-7-14-23(21)15-19-9-6-5-8-18(19)2/h3,5-10,14,20,22,25H,1,4,11-13,15-17H2,2H3/t22-/m0/s1. The van der Waals surface area contributed by atoms with Gasteiger partial charge in [0.25, 0.3) is 0 Å². The Morgan fingerprint density at radius 1 is 1.28 bits per heavy atom. The van der Waals surface area contributed by atoms with Crippen LogP contribution >= 0.6 is 0 Å². The van der Waals surface area contributed by atoms with E-state index in [0.717, 1.165) is 32.5 Å². The van der Waals surface area contributed by atoms with Crippen molar-refractivity contribution in [2.75, 3.05) is 6.54 Å². The van der Waals surface area contributed by atoms with E-state index in [1.807, 2.05) is 6.08 Å². The SMILES string of the molecule is C=CCC[C@H](O)CN(Cc1cccn1Cc1ccccc1C)C1CC1. The molecule has 3 heteroatoms. The Bertz CT molecular complexity index is 687. The van der Waals surface area contributed by atoms with Crippen molar-refractivity contribution in [1.82, 2.24) is 9.47 Å². The minimum Gasteiger partial charge on any atom is -0.392 e. The Hall–Kier alpha value is -1.84. The lowest BCUT2D eigenvalue weighted by molar-refractivity contribution is 0.0967. The minimum atomic E-state index is -0.265. The molecule has 1 aromatic heterocycles. The topological polar surface area (TPSA) is 28.4 Å². The molecule has 0 radical (unpaired) electrons. The molecule has 1 aliphatic rings. The fourth-order valence-corrected chi connectivity index (χ4v) is 3.38. The zero-order chi connectivity index (χ0) is 17.6. The van der Waals surface area contributed by atoms with E-state index in [2.05, 4.69) is 65.6 Å². The molecule has 3 rings (SSSR count). The van der Waals surface area contributed by atoms with Gasteiger partial charge in [0.2, 0.25) is 0 Å². The van der Waals surface area contributed by atoms with Crippen molar-refractivity contribution in [1.29, 1.82) is 0 Å². The van der Waals surface area contributed by atoms with Crippen LogP contribution in [0.4, 0.5) is 0 Å². The highest BCUT2D eigenvalue weighted by atomic mass is 16.3. The Morgan fingerprint density at radius 2 is 2.08 bits per heavy atom. The van der Waals surface area contributed by atoms with Gasteiger partial charge in [-0.05, 0) is 55.9 Å². The summed E-state index contributed by atoms with van der Waals surface area (Å²) in [6.07, 6.45) is 7.98. The molecular formula is C22H30N2O. The highest BCUT2D eigenvalue weighted by Gasteiger charge is 2.30. The van der Waals surface area contributed by atoms with Gasteiger partial charge in [0, 0.05) is 37.6 Å². The number of hydrogen-bond donors (Lipinski definition) is 1. The first-order valence-corrected chi connectivity index (χ1v) is 9.39. The second kappa shape index (κ2) is 8.50. The number of aromatic nitrogens is 1. The van der Waals surface area contributed by atoms with Crippen LogP contribution in [0.15, 0.2) is 55.3 Å². The normalized spacial score (nSPS) is 15.5. The molecule has 1 heterocycles. The molecule has 25 heavy (non-hydrogen) atoms. The van der Waals surface area contributed by atoms with Crippen molar-refractivity contribution >= 4 is 0 Å². The Kier molecular flexibility index (Phi) is 6.11. The van der Waals surface area contributed by atoms with Crippen molar-refractivity contribution < 1.29 is 5.11 Å². The smallest absolute Gasteiger partial charge is 0.0670 e.